The molecule has 1 aliphatic carbocycles. The number of carbonyl (C=O) groups is 3. The summed E-state index contributed by atoms with van der Waals surface area (Å²) in [6, 6.07) is 16.3. The topological polar surface area (TPSA) is 75.7 Å². The number of hydrogen-bond acceptors (Lipinski definition) is 4. The highest BCUT2D eigenvalue weighted by Crippen LogP contribution is 2.26. The fraction of sp³-hybridized carbons (Fsp3) is 0.292. The number of nitrogens with one attached hydrogen (secondary N) is 1. The van der Waals surface area contributed by atoms with Crippen LogP contribution in [0.5, 0.6) is 5.75 Å². The van der Waals surface area contributed by atoms with Gasteiger partial charge < -0.3 is 4.74 Å². The van der Waals surface area contributed by atoms with E-state index in [-0.39, 0.29) is 11.6 Å². The molecule has 1 N–H and O–H groups in total. The van der Waals surface area contributed by atoms with E-state index in [9.17, 15) is 14.4 Å². The highest BCUT2D eigenvalue weighted by molar-refractivity contribution is 6.31. The third-order valence-corrected chi connectivity index (χ3v) is 5.51. The molecule has 0 bridgehead atoms. The Balaban J connectivity index is 1.47. The van der Waals surface area contributed by atoms with Crippen LogP contribution >= 0.6 is 0 Å². The van der Waals surface area contributed by atoms with Crippen LogP contribution in [0.25, 0.3) is 6.08 Å². The van der Waals surface area contributed by atoms with Gasteiger partial charge in [0.1, 0.15) is 17.9 Å². The van der Waals surface area contributed by atoms with E-state index >= 15 is 0 Å². The van der Waals surface area contributed by atoms with Gasteiger partial charge in [-0.2, -0.15) is 0 Å². The molecule has 2 aromatic carbocycles. The monoisotopic (exact) mass is 404 g/mol. The second-order valence-corrected chi connectivity index (χ2v) is 7.63. The first-order valence-corrected chi connectivity index (χ1v) is 10.3. The number of ether oxygens (including phenoxy) is 1. The van der Waals surface area contributed by atoms with Gasteiger partial charge in [-0.1, -0.05) is 61.7 Å². The molecule has 0 radical (unpaired) electrons. The van der Waals surface area contributed by atoms with Crippen LogP contribution < -0.4 is 10.1 Å². The van der Waals surface area contributed by atoms with E-state index in [1.165, 1.54) is 11.0 Å². The third kappa shape index (κ3) is 4.43. The number of amides is 4. The van der Waals surface area contributed by atoms with Gasteiger partial charge in [0, 0.05) is 6.04 Å². The number of hydrogen-bond donors (Lipinski definition) is 1. The van der Waals surface area contributed by atoms with E-state index in [1.807, 2.05) is 30.3 Å². The molecule has 1 saturated carbocycles. The molecule has 0 spiro atoms. The number of benzene rings is 2. The van der Waals surface area contributed by atoms with Gasteiger partial charge in [0.25, 0.3) is 11.8 Å². The van der Waals surface area contributed by atoms with Gasteiger partial charge in [-0.25, -0.2) is 4.79 Å². The maximum absolute atomic E-state index is 12.9. The van der Waals surface area contributed by atoms with Gasteiger partial charge in [0.2, 0.25) is 0 Å². The smallest absolute Gasteiger partial charge is 0.331 e. The zero-order chi connectivity index (χ0) is 20.9. The molecule has 2 aromatic rings. The molecule has 1 saturated heterocycles. The predicted octanol–water partition coefficient (Wildman–Crippen LogP) is 4.06. The first-order chi connectivity index (χ1) is 14.6. The standard InChI is InChI=1S/C24H24N2O4/c27-22-21(23(28)26(24(29)25-22)19-9-5-2-6-10-19)15-17-11-13-20(14-12-17)30-16-18-7-3-1-4-8-18/h1,3-4,7-8,11-15,19H,2,5-6,9-10,16H2,(H,25,27,29)/b21-15+. The summed E-state index contributed by atoms with van der Waals surface area (Å²) in [5.41, 5.74) is 1.75. The summed E-state index contributed by atoms with van der Waals surface area (Å²) < 4.78 is 5.77. The Morgan fingerprint density at radius 3 is 2.33 bits per heavy atom. The molecule has 4 amide bonds. The molecule has 154 valence electrons. The summed E-state index contributed by atoms with van der Waals surface area (Å²) in [7, 11) is 0. The fourth-order valence-electron chi connectivity index (χ4n) is 3.91. The minimum absolute atomic E-state index is 0.0156. The molecule has 6 heteroatoms. The van der Waals surface area contributed by atoms with Gasteiger partial charge in [-0.3, -0.25) is 19.8 Å². The van der Waals surface area contributed by atoms with E-state index in [4.69, 9.17) is 4.74 Å². The Morgan fingerprint density at radius 2 is 1.63 bits per heavy atom. The first kappa shape index (κ1) is 19.9. The highest BCUT2D eigenvalue weighted by Gasteiger charge is 2.40. The fourth-order valence-corrected chi connectivity index (χ4v) is 3.91. The number of rotatable bonds is 5. The van der Waals surface area contributed by atoms with E-state index in [1.54, 1.807) is 24.3 Å². The summed E-state index contributed by atoms with van der Waals surface area (Å²) in [5, 5.41) is 2.31. The van der Waals surface area contributed by atoms with E-state index in [2.05, 4.69) is 5.32 Å². The van der Waals surface area contributed by atoms with Crippen LogP contribution in [-0.4, -0.2) is 28.8 Å². The van der Waals surface area contributed by atoms with Crippen molar-refractivity contribution in [2.45, 2.75) is 44.8 Å². The van der Waals surface area contributed by atoms with Crippen LogP contribution in [0, 0.1) is 0 Å². The third-order valence-electron chi connectivity index (χ3n) is 5.51. The van der Waals surface area contributed by atoms with Gasteiger partial charge >= 0.3 is 6.03 Å². The Kier molecular flexibility index (Phi) is 5.93. The summed E-state index contributed by atoms with van der Waals surface area (Å²) in [6.45, 7) is 0.459. The zero-order valence-corrected chi connectivity index (χ0v) is 16.7. The predicted molar refractivity (Wildman–Crippen MR) is 112 cm³/mol. The molecule has 0 atom stereocenters. The van der Waals surface area contributed by atoms with Crippen molar-refractivity contribution in [3.8, 4) is 5.75 Å². The lowest BCUT2D eigenvalue weighted by atomic mass is 9.93. The van der Waals surface area contributed by atoms with Crippen LogP contribution in [0.2, 0.25) is 0 Å². The molecule has 30 heavy (non-hydrogen) atoms. The minimum Gasteiger partial charge on any atom is -0.489 e. The summed E-state index contributed by atoms with van der Waals surface area (Å²) in [4.78, 5) is 38.7. The number of nitrogens with zero attached hydrogens (tertiary/aromatic N) is 1. The van der Waals surface area contributed by atoms with Crippen molar-refractivity contribution in [2.75, 3.05) is 0 Å². The van der Waals surface area contributed by atoms with Crippen molar-refractivity contribution in [1.29, 1.82) is 0 Å². The van der Waals surface area contributed by atoms with Crippen LogP contribution in [-0.2, 0) is 16.2 Å². The van der Waals surface area contributed by atoms with Crippen molar-refractivity contribution in [2.24, 2.45) is 0 Å². The largest absolute Gasteiger partial charge is 0.489 e. The van der Waals surface area contributed by atoms with Gasteiger partial charge in [0.15, 0.2) is 0 Å². The Bertz CT molecular complexity index is 960. The van der Waals surface area contributed by atoms with Crippen LogP contribution in [0.15, 0.2) is 60.2 Å². The highest BCUT2D eigenvalue weighted by atomic mass is 16.5. The van der Waals surface area contributed by atoms with Crippen molar-refractivity contribution in [3.05, 3.63) is 71.3 Å². The van der Waals surface area contributed by atoms with Crippen molar-refractivity contribution >= 4 is 23.9 Å². The van der Waals surface area contributed by atoms with E-state index in [0.717, 1.165) is 37.7 Å². The number of barbiturate groups is 1. The summed E-state index contributed by atoms with van der Waals surface area (Å²) >= 11 is 0. The second kappa shape index (κ2) is 8.95. The van der Waals surface area contributed by atoms with Crippen LogP contribution in [0.3, 0.4) is 0 Å². The SMILES string of the molecule is O=C1NC(=O)N(C2CCCCC2)C(=O)/C1=C/c1ccc(OCc2ccccc2)cc1. The first-order valence-electron chi connectivity index (χ1n) is 10.3. The lowest BCUT2D eigenvalue weighted by Gasteiger charge is -2.35. The molecule has 1 heterocycles. The number of urea groups is 1. The maximum atomic E-state index is 12.9. The average molecular weight is 404 g/mol. The van der Waals surface area contributed by atoms with E-state index < -0.39 is 17.8 Å². The number of carbonyl (C=O) groups excluding carboxylic acids is 3. The van der Waals surface area contributed by atoms with Crippen molar-refractivity contribution in [3.63, 3.8) is 0 Å². The lowest BCUT2D eigenvalue weighted by Crippen LogP contribution is -2.58. The summed E-state index contributed by atoms with van der Waals surface area (Å²) in [6.07, 6.45) is 6.18. The molecular weight excluding hydrogens is 380 g/mol. The van der Waals surface area contributed by atoms with E-state index in [0.29, 0.717) is 17.9 Å². The Labute approximate surface area is 175 Å². The minimum atomic E-state index is -0.651. The quantitative estimate of drug-likeness (QED) is 0.602. The lowest BCUT2D eigenvalue weighted by molar-refractivity contribution is -0.132. The molecule has 2 aliphatic rings. The van der Waals surface area contributed by atoms with Gasteiger partial charge in [-0.05, 0) is 42.2 Å². The molecule has 6 nitrogen and oxygen atoms in total. The molecular formula is C24H24N2O4. The molecule has 4 rings (SSSR count). The molecule has 2 fully saturated rings. The maximum Gasteiger partial charge on any atom is 0.331 e. The zero-order valence-electron chi connectivity index (χ0n) is 16.7. The molecule has 1 aliphatic heterocycles. The normalized spacial score (nSPS) is 19.1. The van der Waals surface area contributed by atoms with Crippen molar-refractivity contribution in [1.82, 2.24) is 10.2 Å². The molecule has 0 aromatic heterocycles. The Morgan fingerprint density at radius 1 is 0.933 bits per heavy atom. The summed E-state index contributed by atoms with van der Waals surface area (Å²) in [5.74, 6) is -0.471. The average Bonchev–Trinajstić information content (AvgIpc) is 2.77. The van der Waals surface area contributed by atoms with Crippen molar-refractivity contribution < 1.29 is 19.1 Å². The van der Waals surface area contributed by atoms with Crippen LogP contribution in [0.4, 0.5) is 4.79 Å². The van der Waals surface area contributed by atoms with Gasteiger partial charge in [-0.15, -0.1) is 0 Å². The Hall–Kier alpha value is -3.41. The number of imide groups is 2. The van der Waals surface area contributed by atoms with Crippen LogP contribution in [0.1, 0.15) is 43.2 Å². The van der Waals surface area contributed by atoms with Gasteiger partial charge in [0.05, 0.1) is 0 Å². The molecule has 0 unspecified atom stereocenters. The second-order valence-electron chi connectivity index (χ2n) is 7.63.